The van der Waals surface area contributed by atoms with E-state index in [0.29, 0.717) is 11.3 Å². The Kier molecular flexibility index (Phi) is 5.07. The summed E-state index contributed by atoms with van der Waals surface area (Å²) in [5.74, 6) is -1.91. The summed E-state index contributed by atoms with van der Waals surface area (Å²) in [7, 11) is 1.39. The number of carboxylic acids is 1. The number of ether oxygens (including phenoxy) is 2. The highest BCUT2D eigenvalue weighted by atomic mass is 16.5. The number of rotatable bonds is 6. The first kappa shape index (κ1) is 18.0. The van der Waals surface area contributed by atoms with Crippen LogP contribution in [0.4, 0.5) is 5.69 Å². The van der Waals surface area contributed by atoms with Crippen LogP contribution in [0.5, 0.6) is 11.5 Å². The molecule has 1 aliphatic rings. The Hall–Kier alpha value is -3.81. The Morgan fingerprint density at radius 3 is 2.56 bits per heavy atom. The number of para-hydroxylation sites is 1. The number of aliphatic carboxylic acids is 1. The lowest BCUT2D eigenvalue weighted by molar-refractivity contribution is -0.307. The van der Waals surface area contributed by atoms with Gasteiger partial charge in [-0.3, -0.25) is 15.0 Å². The molecule has 1 N–H and O–H groups in total. The number of benzene rings is 2. The summed E-state index contributed by atoms with van der Waals surface area (Å²) in [5.41, 5.74) is 3.53. The summed E-state index contributed by atoms with van der Waals surface area (Å²) < 4.78 is 10.2. The van der Waals surface area contributed by atoms with Crippen molar-refractivity contribution in [2.45, 2.75) is 0 Å². The average Bonchev–Trinajstić information content (AvgIpc) is 2.95. The maximum absolute atomic E-state index is 12.6. The van der Waals surface area contributed by atoms with Gasteiger partial charge in [0.05, 0.1) is 18.8 Å². The number of hydrogen-bond acceptors (Lipinski definition) is 6. The van der Waals surface area contributed by atoms with Crippen molar-refractivity contribution >= 4 is 29.5 Å². The van der Waals surface area contributed by atoms with Crippen LogP contribution in [0, 0.1) is 0 Å². The fourth-order valence-corrected chi connectivity index (χ4v) is 2.51. The van der Waals surface area contributed by atoms with E-state index in [1.807, 2.05) is 0 Å². The van der Waals surface area contributed by atoms with E-state index >= 15 is 0 Å². The molecule has 0 spiro atoms. The molecule has 0 unspecified atom stereocenters. The van der Waals surface area contributed by atoms with Crippen LogP contribution in [0.2, 0.25) is 0 Å². The Balaban J connectivity index is 1.86. The normalized spacial score (nSPS) is 15.0. The standard InChI is InChI=1S/C19H16N2O6/c1-26-16-10-12(7-8-15(16)27-11-17(22)23)9-14-18(24)20-21(19(14)25)13-5-3-2-4-6-13/h2-10H,11H2,1H3,(H,20,24)(H,22,23)/p-1/b14-9-. The molecule has 0 aromatic heterocycles. The smallest absolute Gasteiger partial charge is 0.282 e. The number of amides is 2. The van der Waals surface area contributed by atoms with Gasteiger partial charge in [0.25, 0.3) is 11.8 Å². The minimum Gasteiger partial charge on any atom is -0.546 e. The number of hydrazine groups is 1. The molecule has 138 valence electrons. The third-order valence-corrected chi connectivity index (χ3v) is 3.75. The van der Waals surface area contributed by atoms with Gasteiger partial charge in [-0.1, -0.05) is 24.3 Å². The van der Waals surface area contributed by atoms with E-state index in [1.54, 1.807) is 36.4 Å². The van der Waals surface area contributed by atoms with Gasteiger partial charge >= 0.3 is 0 Å². The fourth-order valence-electron chi connectivity index (χ4n) is 2.51. The minimum atomic E-state index is -1.36. The largest absolute Gasteiger partial charge is 0.546 e. The number of hydrogen-bond donors (Lipinski definition) is 1. The Labute approximate surface area is 154 Å². The first-order valence-electron chi connectivity index (χ1n) is 7.92. The van der Waals surface area contributed by atoms with Crippen molar-refractivity contribution in [3.63, 3.8) is 0 Å². The average molecular weight is 367 g/mol. The number of carbonyl (C=O) groups excluding carboxylic acids is 3. The van der Waals surface area contributed by atoms with Crippen LogP contribution in [0.15, 0.2) is 54.1 Å². The molecule has 8 nitrogen and oxygen atoms in total. The van der Waals surface area contributed by atoms with E-state index < -0.39 is 24.4 Å². The van der Waals surface area contributed by atoms with Gasteiger partial charge in [0.2, 0.25) is 0 Å². The molecule has 0 radical (unpaired) electrons. The van der Waals surface area contributed by atoms with Crippen LogP contribution in [-0.4, -0.2) is 31.5 Å². The van der Waals surface area contributed by atoms with Gasteiger partial charge in [-0.25, -0.2) is 5.01 Å². The van der Waals surface area contributed by atoms with Crippen LogP contribution < -0.4 is 25.0 Å². The lowest BCUT2D eigenvalue weighted by Gasteiger charge is -2.14. The summed E-state index contributed by atoms with van der Waals surface area (Å²) >= 11 is 0. The van der Waals surface area contributed by atoms with Gasteiger partial charge in [0, 0.05) is 0 Å². The quantitative estimate of drug-likeness (QED) is 0.581. The number of nitrogens with zero attached hydrogens (tertiary/aromatic N) is 1. The first-order valence-corrected chi connectivity index (χ1v) is 7.92. The molecule has 2 amide bonds. The summed E-state index contributed by atoms with van der Waals surface area (Å²) in [5, 5.41) is 11.7. The second kappa shape index (κ2) is 7.61. The van der Waals surface area contributed by atoms with E-state index in [2.05, 4.69) is 5.43 Å². The van der Waals surface area contributed by atoms with Crippen LogP contribution in [0.3, 0.4) is 0 Å². The SMILES string of the molecule is COc1cc(/C=C2/C(=O)NN(c3ccccc3)C2=O)ccc1OCC(=O)[O-]. The zero-order valence-electron chi connectivity index (χ0n) is 14.3. The number of anilines is 1. The van der Waals surface area contributed by atoms with E-state index in [4.69, 9.17) is 9.47 Å². The second-order valence-corrected chi connectivity index (χ2v) is 5.55. The number of carbonyl (C=O) groups is 3. The molecule has 3 rings (SSSR count). The van der Waals surface area contributed by atoms with Crippen molar-refractivity contribution in [2.75, 3.05) is 18.7 Å². The van der Waals surface area contributed by atoms with Crippen molar-refractivity contribution < 1.29 is 29.0 Å². The lowest BCUT2D eigenvalue weighted by Crippen LogP contribution is -2.35. The number of carboxylic acid groups (broad SMARTS) is 1. The lowest BCUT2D eigenvalue weighted by atomic mass is 10.1. The monoisotopic (exact) mass is 367 g/mol. The summed E-state index contributed by atoms with van der Waals surface area (Å²) in [6.45, 7) is -0.621. The molecule has 1 saturated heterocycles. The third-order valence-electron chi connectivity index (χ3n) is 3.75. The van der Waals surface area contributed by atoms with Gasteiger partial charge in [-0.05, 0) is 35.9 Å². The van der Waals surface area contributed by atoms with Gasteiger partial charge < -0.3 is 19.4 Å². The van der Waals surface area contributed by atoms with Crippen LogP contribution >= 0.6 is 0 Å². The molecule has 1 aliphatic heterocycles. The predicted molar refractivity (Wildman–Crippen MR) is 93.5 cm³/mol. The van der Waals surface area contributed by atoms with Crippen LogP contribution in [0.1, 0.15) is 5.56 Å². The minimum absolute atomic E-state index is 0.0377. The second-order valence-electron chi connectivity index (χ2n) is 5.55. The summed E-state index contributed by atoms with van der Waals surface area (Å²) in [6, 6.07) is 13.3. The summed E-state index contributed by atoms with van der Waals surface area (Å²) in [4.78, 5) is 35.3. The maximum Gasteiger partial charge on any atom is 0.282 e. The van der Waals surface area contributed by atoms with Gasteiger partial charge in [0.1, 0.15) is 12.2 Å². The summed E-state index contributed by atoms with van der Waals surface area (Å²) in [6.07, 6.45) is 1.42. The van der Waals surface area contributed by atoms with Crippen LogP contribution in [0.25, 0.3) is 6.08 Å². The molecule has 0 aliphatic carbocycles. The molecule has 8 heteroatoms. The third kappa shape index (κ3) is 3.90. The zero-order valence-corrected chi connectivity index (χ0v) is 14.3. The van der Waals surface area contributed by atoms with Crippen LogP contribution in [-0.2, 0) is 14.4 Å². The van der Waals surface area contributed by atoms with Gasteiger partial charge in [0.15, 0.2) is 11.5 Å². The first-order chi connectivity index (χ1) is 13.0. The molecule has 2 aromatic rings. The van der Waals surface area contributed by atoms with Crippen molar-refractivity contribution in [1.82, 2.24) is 5.43 Å². The van der Waals surface area contributed by atoms with Gasteiger partial charge in [-0.15, -0.1) is 0 Å². The molecule has 0 saturated carbocycles. The fraction of sp³-hybridized carbons (Fsp3) is 0.105. The molecule has 27 heavy (non-hydrogen) atoms. The molecule has 2 aromatic carbocycles. The number of nitrogens with one attached hydrogen (secondary N) is 1. The number of methoxy groups -OCH3 is 1. The Morgan fingerprint density at radius 2 is 1.89 bits per heavy atom. The highest BCUT2D eigenvalue weighted by Crippen LogP contribution is 2.29. The Bertz CT molecular complexity index is 923. The van der Waals surface area contributed by atoms with Crippen molar-refractivity contribution in [2.24, 2.45) is 0 Å². The maximum atomic E-state index is 12.6. The molecule has 1 fully saturated rings. The van der Waals surface area contributed by atoms with Crippen molar-refractivity contribution in [3.8, 4) is 11.5 Å². The van der Waals surface area contributed by atoms with Crippen molar-refractivity contribution in [1.29, 1.82) is 0 Å². The highest BCUT2D eigenvalue weighted by Gasteiger charge is 2.34. The van der Waals surface area contributed by atoms with E-state index in [1.165, 1.54) is 30.3 Å². The topological polar surface area (TPSA) is 108 Å². The molecule has 0 atom stereocenters. The molecular weight excluding hydrogens is 352 g/mol. The van der Waals surface area contributed by atoms with E-state index in [9.17, 15) is 19.5 Å². The van der Waals surface area contributed by atoms with Gasteiger partial charge in [-0.2, -0.15) is 0 Å². The molecule has 0 bridgehead atoms. The van der Waals surface area contributed by atoms with Crippen molar-refractivity contribution in [3.05, 3.63) is 59.7 Å². The molecule has 1 heterocycles. The highest BCUT2D eigenvalue weighted by molar-refractivity contribution is 6.31. The molecular formula is C19H15N2O6-. The predicted octanol–water partition coefficient (Wildman–Crippen LogP) is 0.285. The Morgan fingerprint density at radius 1 is 1.15 bits per heavy atom. The zero-order chi connectivity index (χ0) is 19.4. The van der Waals surface area contributed by atoms with E-state index in [-0.39, 0.29) is 17.1 Å². The van der Waals surface area contributed by atoms with E-state index in [0.717, 1.165) is 0 Å².